The highest BCUT2D eigenvalue weighted by molar-refractivity contribution is 7.89. The quantitative estimate of drug-likeness (QED) is 0.518. The zero-order valence-electron chi connectivity index (χ0n) is 23.0. The van der Waals surface area contributed by atoms with Crippen molar-refractivity contribution in [2.75, 3.05) is 26.2 Å². The van der Waals surface area contributed by atoms with Gasteiger partial charge >= 0.3 is 0 Å². The molecule has 0 aromatic rings. The summed E-state index contributed by atoms with van der Waals surface area (Å²) in [5, 5.41) is 10.1. The molecule has 7 unspecified atom stereocenters. The van der Waals surface area contributed by atoms with Crippen LogP contribution < -0.4 is 0 Å². The summed E-state index contributed by atoms with van der Waals surface area (Å²) in [5.74, 6) is 1.54. The molecule has 1 N–H and O–H groups in total. The number of hydrogen-bond donors (Lipinski definition) is 1. The highest BCUT2D eigenvalue weighted by Crippen LogP contribution is 2.50. The molecule has 0 spiro atoms. The number of hydrogen-bond acceptors (Lipinski definition) is 4. The summed E-state index contributed by atoms with van der Waals surface area (Å²) in [6.07, 6.45) is 8.50. The van der Waals surface area contributed by atoms with Crippen LogP contribution in [0.4, 0.5) is 8.78 Å². The van der Waals surface area contributed by atoms with Gasteiger partial charge in [-0.2, -0.15) is 0 Å². The maximum atomic E-state index is 14.4. The monoisotopic (exact) mass is 544 g/mol. The van der Waals surface area contributed by atoms with Crippen molar-refractivity contribution in [3.8, 4) is 0 Å². The van der Waals surface area contributed by atoms with Gasteiger partial charge < -0.3 is 5.11 Å². The molecule has 0 bridgehead atoms. The third kappa shape index (κ3) is 5.39. The van der Waals surface area contributed by atoms with Crippen molar-refractivity contribution in [1.82, 2.24) is 9.21 Å². The molecule has 5 rings (SSSR count). The van der Waals surface area contributed by atoms with Gasteiger partial charge in [-0.1, -0.05) is 26.7 Å². The van der Waals surface area contributed by atoms with Crippen molar-refractivity contribution in [3.05, 3.63) is 0 Å². The smallest absolute Gasteiger partial charge is 0.217 e. The number of aliphatic hydroxyl groups is 1. The van der Waals surface area contributed by atoms with Gasteiger partial charge in [0.1, 0.15) is 12.3 Å². The Balaban J connectivity index is 1.26. The lowest BCUT2D eigenvalue weighted by atomic mass is 9.61. The van der Waals surface area contributed by atoms with E-state index in [2.05, 4.69) is 11.8 Å². The number of aliphatic hydroxyl groups excluding tert-OH is 1. The number of nitrogens with zero attached hydrogens (tertiary/aromatic N) is 2. The summed E-state index contributed by atoms with van der Waals surface area (Å²) in [5.41, 5.74) is 0. The van der Waals surface area contributed by atoms with Gasteiger partial charge in [-0.25, -0.2) is 21.5 Å². The molecule has 8 heteroatoms. The molecule has 5 aliphatic rings. The fraction of sp³-hybridized carbons (Fsp3) is 1.00. The van der Waals surface area contributed by atoms with Gasteiger partial charge in [0.15, 0.2) is 0 Å². The van der Waals surface area contributed by atoms with Crippen LogP contribution in [-0.2, 0) is 10.0 Å². The molecule has 3 aliphatic carbocycles. The van der Waals surface area contributed by atoms with Crippen molar-refractivity contribution < 1.29 is 22.3 Å². The Morgan fingerprint density at radius 3 is 2.22 bits per heavy atom. The minimum absolute atomic E-state index is 0.124. The molecule has 2 aliphatic heterocycles. The zero-order valence-corrected chi connectivity index (χ0v) is 23.8. The van der Waals surface area contributed by atoms with Crippen LogP contribution in [0, 0.1) is 35.5 Å². The topological polar surface area (TPSA) is 60.9 Å². The molecule has 3 saturated carbocycles. The molecule has 5 nitrogen and oxygen atoms in total. The molecule has 0 aromatic carbocycles. The first-order valence-electron chi connectivity index (χ1n) is 15.4. The first-order valence-corrected chi connectivity index (χ1v) is 16.9. The second-order valence-corrected chi connectivity index (χ2v) is 15.4. The summed E-state index contributed by atoms with van der Waals surface area (Å²) in [6, 6.07) is 0.308. The Morgan fingerprint density at radius 2 is 1.51 bits per heavy atom. The molecular formula is C29H50F2N2O3S. The number of sulfonamides is 1. The Morgan fingerprint density at radius 1 is 0.838 bits per heavy atom. The first kappa shape index (κ1) is 28.2. The summed E-state index contributed by atoms with van der Waals surface area (Å²) < 4.78 is 57.8. The third-order valence-electron chi connectivity index (χ3n) is 11.4. The largest absolute Gasteiger partial charge is 0.395 e. The van der Waals surface area contributed by atoms with E-state index in [1.165, 1.54) is 0 Å². The minimum atomic E-state index is -3.34. The number of rotatable bonds is 5. The van der Waals surface area contributed by atoms with E-state index in [1.54, 1.807) is 0 Å². The Hall–Kier alpha value is -0.310. The lowest BCUT2D eigenvalue weighted by Gasteiger charge is -2.60. The van der Waals surface area contributed by atoms with Gasteiger partial charge in [-0.3, -0.25) is 4.90 Å². The van der Waals surface area contributed by atoms with Crippen molar-refractivity contribution in [2.24, 2.45) is 35.5 Å². The van der Waals surface area contributed by atoms with Crippen LogP contribution in [0.1, 0.15) is 90.9 Å². The molecule has 214 valence electrons. The van der Waals surface area contributed by atoms with Crippen LogP contribution in [-0.4, -0.2) is 78.6 Å². The fourth-order valence-corrected chi connectivity index (χ4v) is 11.6. The summed E-state index contributed by atoms with van der Waals surface area (Å²) in [4.78, 5) is 2.40. The molecule has 2 saturated heterocycles. The lowest BCUT2D eigenvalue weighted by Crippen LogP contribution is -2.71. The van der Waals surface area contributed by atoms with Crippen molar-refractivity contribution in [3.63, 3.8) is 0 Å². The Kier molecular flexibility index (Phi) is 8.90. The molecule has 5 fully saturated rings. The third-order valence-corrected chi connectivity index (χ3v) is 13.9. The van der Waals surface area contributed by atoms with E-state index in [9.17, 15) is 22.3 Å². The van der Waals surface area contributed by atoms with E-state index < -0.39 is 22.4 Å². The van der Waals surface area contributed by atoms with Crippen LogP contribution in [0.15, 0.2) is 0 Å². The lowest BCUT2D eigenvalue weighted by molar-refractivity contribution is -0.124. The van der Waals surface area contributed by atoms with Gasteiger partial charge in [-0.15, -0.1) is 0 Å². The van der Waals surface area contributed by atoms with Crippen LogP contribution in [0.3, 0.4) is 0 Å². The minimum Gasteiger partial charge on any atom is -0.395 e. The van der Waals surface area contributed by atoms with E-state index in [0.717, 1.165) is 77.2 Å². The van der Waals surface area contributed by atoms with Crippen LogP contribution in [0.25, 0.3) is 0 Å². The molecule has 0 radical (unpaired) electrons. The zero-order chi connectivity index (χ0) is 26.3. The van der Waals surface area contributed by atoms with E-state index >= 15 is 0 Å². The van der Waals surface area contributed by atoms with E-state index in [0.29, 0.717) is 37.3 Å². The molecule has 0 amide bonds. The number of halogens is 2. The maximum Gasteiger partial charge on any atom is 0.217 e. The second kappa shape index (κ2) is 11.7. The van der Waals surface area contributed by atoms with E-state index in [1.807, 2.05) is 11.2 Å². The Labute approximate surface area is 223 Å². The van der Waals surface area contributed by atoms with Crippen LogP contribution in [0.2, 0.25) is 0 Å². The van der Waals surface area contributed by atoms with Gasteiger partial charge in [0.2, 0.25) is 10.0 Å². The Bertz CT molecular complexity index is 867. The van der Waals surface area contributed by atoms with Crippen LogP contribution in [0.5, 0.6) is 0 Å². The highest BCUT2D eigenvalue weighted by atomic mass is 32.2. The maximum absolute atomic E-state index is 14.4. The predicted octanol–water partition coefficient (Wildman–Crippen LogP) is 5.18. The van der Waals surface area contributed by atoms with Gasteiger partial charge in [0, 0.05) is 25.2 Å². The van der Waals surface area contributed by atoms with Crippen molar-refractivity contribution in [2.45, 2.75) is 121 Å². The van der Waals surface area contributed by atoms with Gasteiger partial charge in [0.05, 0.1) is 11.9 Å². The van der Waals surface area contributed by atoms with Crippen LogP contribution >= 0.6 is 0 Å². The summed E-state index contributed by atoms with van der Waals surface area (Å²) >= 11 is 0. The fourth-order valence-electron chi connectivity index (χ4n) is 9.25. The molecular weight excluding hydrogens is 494 g/mol. The normalized spacial score (nSPS) is 46.9. The predicted molar refractivity (Wildman–Crippen MR) is 143 cm³/mol. The second-order valence-electron chi connectivity index (χ2n) is 13.3. The highest BCUT2D eigenvalue weighted by Gasteiger charge is 2.54. The average molecular weight is 545 g/mol. The average Bonchev–Trinajstić information content (AvgIpc) is 2.87. The summed E-state index contributed by atoms with van der Waals surface area (Å²) in [6.45, 7) is 6.27. The first-order chi connectivity index (χ1) is 17.7. The van der Waals surface area contributed by atoms with Gasteiger partial charge in [-0.05, 0) is 106 Å². The van der Waals surface area contributed by atoms with Gasteiger partial charge in [0.25, 0.3) is 0 Å². The number of alkyl halides is 2. The van der Waals surface area contributed by atoms with Crippen molar-refractivity contribution in [1.29, 1.82) is 0 Å². The standard InChI is InChI=1S/C29H50F2N2O3S/c1-19-7-3-4-8-27(19)37(35,36)32-15-5-6-16-33-25(17-32)28(26(33)18-34)22-11-9-21(10-12-22)23-13-14-24(30)29(31)20(23)2/h19-29,34H,3-18H2,1-2H3/t19?,20?,21?,22?,23?,24?,25?,26-,27?,28+,29?/m1/s1. The van der Waals surface area contributed by atoms with E-state index in [4.69, 9.17) is 0 Å². The molecule has 0 aromatic heterocycles. The SMILES string of the molecule is CC1CCCCC1S(=O)(=O)N1CCCCN2C(C1)[C@H](C1CCC(C3CCC(F)C(F)C3C)CC1)[C@H]2CO. The summed E-state index contributed by atoms with van der Waals surface area (Å²) in [7, 11) is -3.34. The van der Waals surface area contributed by atoms with E-state index in [-0.39, 0.29) is 41.7 Å². The molecule has 9 atom stereocenters. The number of fused-ring (bicyclic) bond motifs is 1. The molecule has 37 heavy (non-hydrogen) atoms. The van der Waals surface area contributed by atoms with Crippen molar-refractivity contribution >= 4 is 10.0 Å². The molecule has 2 heterocycles.